The smallest absolute Gasteiger partial charge is 0.137 e. The number of hydrogen-bond donors (Lipinski definition) is 0. The zero-order chi connectivity index (χ0) is 20.4. The Bertz CT molecular complexity index is 1240. The molecule has 1 heterocycles. The zero-order valence-corrected chi connectivity index (χ0v) is 17.0. The highest BCUT2D eigenvalue weighted by Gasteiger charge is 2.09. The Kier molecular flexibility index (Phi) is 5.09. The Labute approximate surface area is 170 Å². The predicted octanol–water partition coefficient (Wildman–Crippen LogP) is 5.97. The summed E-state index contributed by atoms with van der Waals surface area (Å²) in [6, 6.07) is 21.7. The van der Waals surface area contributed by atoms with E-state index in [0.29, 0.717) is 0 Å². The monoisotopic (exact) mass is 385 g/mol. The second-order valence-corrected chi connectivity index (χ2v) is 6.92. The Morgan fingerprint density at radius 1 is 0.793 bits per heavy atom. The molecule has 4 rings (SSSR count). The van der Waals surface area contributed by atoms with Crippen molar-refractivity contribution in [2.75, 3.05) is 14.2 Å². The van der Waals surface area contributed by atoms with Crippen LogP contribution in [-0.4, -0.2) is 14.2 Å². The van der Waals surface area contributed by atoms with Crippen molar-refractivity contribution in [2.45, 2.75) is 13.8 Å². The molecule has 0 atom stereocenters. The molecule has 0 unspecified atom stereocenters. The van der Waals surface area contributed by atoms with Crippen LogP contribution in [0.25, 0.3) is 22.3 Å². The molecule has 0 aliphatic rings. The summed E-state index contributed by atoms with van der Waals surface area (Å²) in [5.41, 5.74) is 5.03. The molecule has 0 aliphatic carbocycles. The molecule has 4 heteroatoms. The highest BCUT2D eigenvalue weighted by atomic mass is 16.5. The van der Waals surface area contributed by atoms with Gasteiger partial charge in [-0.1, -0.05) is 12.1 Å². The van der Waals surface area contributed by atoms with Gasteiger partial charge in [0.1, 0.15) is 22.8 Å². The van der Waals surface area contributed by atoms with Gasteiger partial charge in [-0.2, -0.15) is 0 Å². The Balaban J connectivity index is 1.98. The van der Waals surface area contributed by atoms with Gasteiger partial charge in [0, 0.05) is 17.0 Å². The van der Waals surface area contributed by atoms with Crippen molar-refractivity contribution in [1.82, 2.24) is 0 Å². The quantitative estimate of drug-likeness (QED) is 0.435. The molecule has 0 saturated carbocycles. The van der Waals surface area contributed by atoms with Crippen LogP contribution < -0.4 is 14.8 Å². The Hall–Kier alpha value is -3.53. The molecule has 3 aromatic carbocycles. The number of fused-ring (bicyclic) bond motifs is 1. The number of benzene rings is 3. The minimum absolute atomic E-state index is 0.745. The molecule has 4 aromatic rings. The Morgan fingerprint density at radius 3 is 2.24 bits per heavy atom. The summed E-state index contributed by atoms with van der Waals surface area (Å²) >= 11 is 0. The van der Waals surface area contributed by atoms with Crippen molar-refractivity contribution < 1.29 is 13.9 Å². The standard InChI is InChI=1S/C25H23NO3/c1-16-6-5-7-22(17(16)2)26-23-15-25(18-8-10-19(27-3)11-9-18)29-24-13-12-20(28-4)14-21(23)24/h5-15H,1-4H3. The lowest BCUT2D eigenvalue weighted by molar-refractivity contribution is 0.414. The van der Waals surface area contributed by atoms with Gasteiger partial charge in [0.15, 0.2) is 0 Å². The maximum Gasteiger partial charge on any atom is 0.137 e. The number of ether oxygens (including phenoxy) is 2. The topological polar surface area (TPSA) is 44.0 Å². The van der Waals surface area contributed by atoms with E-state index in [1.165, 1.54) is 5.56 Å². The average molecular weight is 385 g/mol. The van der Waals surface area contributed by atoms with Crippen molar-refractivity contribution in [3.63, 3.8) is 0 Å². The summed E-state index contributed by atoms with van der Waals surface area (Å²) in [5.74, 6) is 2.32. The van der Waals surface area contributed by atoms with Gasteiger partial charge in [-0.3, -0.25) is 0 Å². The lowest BCUT2D eigenvalue weighted by Crippen LogP contribution is -2.04. The van der Waals surface area contributed by atoms with Gasteiger partial charge < -0.3 is 13.9 Å². The second kappa shape index (κ2) is 7.84. The van der Waals surface area contributed by atoms with E-state index in [-0.39, 0.29) is 0 Å². The molecule has 4 nitrogen and oxygen atoms in total. The lowest BCUT2D eigenvalue weighted by atomic mass is 10.1. The molecule has 29 heavy (non-hydrogen) atoms. The van der Waals surface area contributed by atoms with Crippen molar-refractivity contribution in [1.29, 1.82) is 0 Å². The van der Waals surface area contributed by atoms with E-state index >= 15 is 0 Å². The number of rotatable bonds is 4. The zero-order valence-electron chi connectivity index (χ0n) is 17.0. The van der Waals surface area contributed by atoms with Crippen LogP contribution in [0.2, 0.25) is 0 Å². The fourth-order valence-electron chi connectivity index (χ4n) is 3.25. The van der Waals surface area contributed by atoms with Crippen LogP contribution in [0.15, 0.2) is 76.1 Å². The molecule has 0 saturated heterocycles. The van der Waals surface area contributed by atoms with Crippen LogP contribution in [0, 0.1) is 13.8 Å². The van der Waals surface area contributed by atoms with E-state index in [0.717, 1.165) is 50.4 Å². The van der Waals surface area contributed by atoms with Gasteiger partial charge in [0.2, 0.25) is 0 Å². The fraction of sp³-hybridized carbons (Fsp3) is 0.160. The second-order valence-electron chi connectivity index (χ2n) is 6.92. The summed E-state index contributed by atoms with van der Waals surface area (Å²) in [6.45, 7) is 4.19. The summed E-state index contributed by atoms with van der Waals surface area (Å²) in [5, 5.41) is 1.74. The molecular formula is C25H23NO3. The summed E-state index contributed by atoms with van der Waals surface area (Å²) in [4.78, 5) is 4.98. The van der Waals surface area contributed by atoms with Crippen molar-refractivity contribution in [3.05, 3.63) is 83.2 Å². The number of hydrogen-bond acceptors (Lipinski definition) is 4. The normalized spacial score (nSPS) is 11.7. The van der Waals surface area contributed by atoms with E-state index in [9.17, 15) is 0 Å². The number of methoxy groups -OCH3 is 2. The van der Waals surface area contributed by atoms with E-state index in [4.69, 9.17) is 18.9 Å². The van der Waals surface area contributed by atoms with Crippen molar-refractivity contribution >= 4 is 16.7 Å². The summed E-state index contributed by atoms with van der Waals surface area (Å²) in [6.07, 6.45) is 0. The maximum absolute atomic E-state index is 6.20. The van der Waals surface area contributed by atoms with E-state index in [1.807, 2.05) is 60.7 Å². The Morgan fingerprint density at radius 2 is 1.52 bits per heavy atom. The van der Waals surface area contributed by atoms with Gasteiger partial charge in [-0.05, 0) is 73.5 Å². The number of aryl methyl sites for hydroxylation is 1. The molecule has 0 radical (unpaired) electrons. The molecule has 0 bridgehead atoms. The van der Waals surface area contributed by atoms with Crippen molar-refractivity contribution in [2.24, 2.45) is 4.99 Å². The molecule has 0 spiro atoms. The molecule has 146 valence electrons. The third kappa shape index (κ3) is 3.74. The van der Waals surface area contributed by atoms with Crippen molar-refractivity contribution in [3.8, 4) is 22.8 Å². The summed E-state index contributed by atoms with van der Waals surface area (Å²) in [7, 11) is 3.31. The lowest BCUT2D eigenvalue weighted by Gasteiger charge is -2.08. The first-order chi connectivity index (χ1) is 14.1. The van der Waals surface area contributed by atoms with Crippen LogP contribution in [0.5, 0.6) is 11.5 Å². The molecule has 0 amide bonds. The molecule has 1 aromatic heterocycles. The molecule has 0 aliphatic heterocycles. The maximum atomic E-state index is 6.20. The average Bonchev–Trinajstić information content (AvgIpc) is 2.76. The fourth-order valence-corrected chi connectivity index (χ4v) is 3.25. The first kappa shape index (κ1) is 18.8. The van der Waals surface area contributed by atoms with Crippen LogP contribution in [0.4, 0.5) is 5.69 Å². The van der Waals surface area contributed by atoms with Crippen LogP contribution in [0.3, 0.4) is 0 Å². The minimum Gasteiger partial charge on any atom is -0.497 e. The summed E-state index contributed by atoms with van der Waals surface area (Å²) < 4.78 is 16.9. The van der Waals surface area contributed by atoms with Gasteiger partial charge in [-0.25, -0.2) is 4.99 Å². The highest BCUT2D eigenvalue weighted by molar-refractivity contribution is 5.80. The van der Waals surface area contributed by atoms with Crippen LogP contribution in [0.1, 0.15) is 11.1 Å². The van der Waals surface area contributed by atoms with Gasteiger partial charge in [0.25, 0.3) is 0 Å². The molecular weight excluding hydrogens is 362 g/mol. The first-order valence-corrected chi connectivity index (χ1v) is 9.46. The minimum atomic E-state index is 0.745. The third-order valence-corrected chi connectivity index (χ3v) is 5.14. The van der Waals surface area contributed by atoms with E-state index < -0.39 is 0 Å². The highest BCUT2D eigenvalue weighted by Crippen LogP contribution is 2.27. The largest absolute Gasteiger partial charge is 0.497 e. The van der Waals surface area contributed by atoms with Gasteiger partial charge >= 0.3 is 0 Å². The van der Waals surface area contributed by atoms with E-state index in [1.54, 1.807) is 14.2 Å². The van der Waals surface area contributed by atoms with E-state index in [2.05, 4.69) is 19.9 Å². The third-order valence-electron chi connectivity index (χ3n) is 5.14. The number of nitrogens with zero attached hydrogens (tertiary/aromatic N) is 1. The molecule has 0 N–H and O–H groups in total. The van der Waals surface area contributed by atoms with Gasteiger partial charge in [0.05, 0.1) is 25.3 Å². The van der Waals surface area contributed by atoms with Crippen LogP contribution >= 0.6 is 0 Å². The SMILES string of the molecule is COc1ccc(-c2cc(=Nc3cccc(C)c3C)c3cc(OC)ccc3o2)cc1. The first-order valence-electron chi connectivity index (χ1n) is 9.46. The van der Waals surface area contributed by atoms with Crippen LogP contribution in [-0.2, 0) is 0 Å². The predicted molar refractivity (Wildman–Crippen MR) is 116 cm³/mol. The molecule has 0 fully saturated rings. The van der Waals surface area contributed by atoms with Gasteiger partial charge in [-0.15, -0.1) is 0 Å².